The molecule has 0 aliphatic carbocycles. The summed E-state index contributed by atoms with van der Waals surface area (Å²) in [5.41, 5.74) is 0. The predicted molar refractivity (Wildman–Crippen MR) is 72.8 cm³/mol. The summed E-state index contributed by atoms with van der Waals surface area (Å²) in [6.45, 7) is 7.52. The summed E-state index contributed by atoms with van der Waals surface area (Å²) in [4.78, 5) is 17.5. The average molecular weight is 268 g/mol. The molecule has 0 spiro atoms. The molecule has 0 saturated carbocycles. The predicted octanol–water partition coefficient (Wildman–Crippen LogP) is 2.41. The SMILES string of the molecule is CC(C)N(Cc1cccs1)C(=O)N1CCOCC1. The third-order valence-electron chi connectivity index (χ3n) is 3.06. The zero-order valence-corrected chi connectivity index (χ0v) is 11.8. The van der Waals surface area contributed by atoms with Gasteiger partial charge in [0.25, 0.3) is 0 Å². The lowest BCUT2D eigenvalue weighted by atomic mass is 10.3. The van der Waals surface area contributed by atoms with Crippen LogP contribution in [-0.2, 0) is 11.3 Å². The van der Waals surface area contributed by atoms with Crippen LogP contribution in [0.1, 0.15) is 18.7 Å². The third-order valence-corrected chi connectivity index (χ3v) is 3.92. The summed E-state index contributed by atoms with van der Waals surface area (Å²) in [7, 11) is 0. The molecule has 2 rings (SSSR count). The standard InChI is InChI=1S/C13H20N2O2S/c1-11(2)15(10-12-4-3-9-18-12)13(16)14-5-7-17-8-6-14/h3-4,9,11H,5-8,10H2,1-2H3. The third kappa shape index (κ3) is 3.23. The van der Waals surface area contributed by atoms with E-state index in [1.165, 1.54) is 4.88 Å². The van der Waals surface area contributed by atoms with Gasteiger partial charge in [0.15, 0.2) is 0 Å². The van der Waals surface area contributed by atoms with Crippen LogP contribution in [0.25, 0.3) is 0 Å². The Morgan fingerprint density at radius 1 is 1.50 bits per heavy atom. The van der Waals surface area contributed by atoms with Crippen molar-refractivity contribution in [1.29, 1.82) is 0 Å². The highest BCUT2D eigenvalue weighted by Gasteiger charge is 2.24. The molecular weight excluding hydrogens is 248 g/mol. The Kier molecular flexibility index (Phi) is 4.60. The number of carbonyl (C=O) groups excluding carboxylic acids is 1. The van der Waals surface area contributed by atoms with Crippen LogP contribution in [0, 0.1) is 0 Å². The highest BCUT2D eigenvalue weighted by Crippen LogP contribution is 2.16. The van der Waals surface area contributed by atoms with Gasteiger partial charge in [0, 0.05) is 24.0 Å². The van der Waals surface area contributed by atoms with Gasteiger partial charge < -0.3 is 14.5 Å². The maximum atomic E-state index is 12.5. The Morgan fingerprint density at radius 3 is 2.78 bits per heavy atom. The van der Waals surface area contributed by atoms with Gasteiger partial charge in [-0.05, 0) is 25.3 Å². The lowest BCUT2D eigenvalue weighted by Gasteiger charge is -2.34. The summed E-state index contributed by atoms with van der Waals surface area (Å²) in [6.07, 6.45) is 0. The molecule has 0 N–H and O–H groups in total. The number of nitrogens with zero attached hydrogens (tertiary/aromatic N) is 2. The van der Waals surface area contributed by atoms with Crippen LogP contribution < -0.4 is 0 Å². The van der Waals surface area contributed by atoms with Crippen LogP contribution in [0.4, 0.5) is 4.79 Å². The van der Waals surface area contributed by atoms with E-state index in [1.54, 1.807) is 11.3 Å². The maximum Gasteiger partial charge on any atom is 0.320 e. The smallest absolute Gasteiger partial charge is 0.320 e. The highest BCUT2D eigenvalue weighted by atomic mass is 32.1. The lowest BCUT2D eigenvalue weighted by molar-refractivity contribution is 0.0398. The first-order valence-electron chi connectivity index (χ1n) is 6.34. The van der Waals surface area contributed by atoms with E-state index in [4.69, 9.17) is 4.74 Å². The van der Waals surface area contributed by atoms with Crippen molar-refractivity contribution in [2.24, 2.45) is 0 Å². The van der Waals surface area contributed by atoms with Gasteiger partial charge in [-0.1, -0.05) is 6.07 Å². The van der Waals surface area contributed by atoms with E-state index in [2.05, 4.69) is 19.9 Å². The second-order valence-electron chi connectivity index (χ2n) is 4.68. The first-order chi connectivity index (χ1) is 8.68. The molecule has 0 aromatic carbocycles. The van der Waals surface area contributed by atoms with Crippen molar-refractivity contribution in [2.45, 2.75) is 26.4 Å². The lowest BCUT2D eigenvalue weighted by Crippen LogP contribution is -2.49. The van der Waals surface area contributed by atoms with Gasteiger partial charge in [-0.2, -0.15) is 0 Å². The number of carbonyl (C=O) groups is 1. The largest absolute Gasteiger partial charge is 0.378 e. The first kappa shape index (κ1) is 13.4. The van der Waals surface area contributed by atoms with Crippen LogP contribution >= 0.6 is 11.3 Å². The molecule has 0 unspecified atom stereocenters. The number of thiophene rings is 1. The quantitative estimate of drug-likeness (QED) is 0.843. The first-order valence-corrected chi connectivity index (χ1v) is 7.22. The van der Waals surface area contributed by atoms with Crippen molar-refractivity contribution < 1.29 is 9.53 Å². The van der Waals surface area contributed by atoms with Crippen molar-refractivity contribution in [2.75, 3.05) is 26.3 Å². The van der Waals surface area contributed by atoms with Gasteiger partial charge in [0.05, 0.1) is 19.8 Å². The summed E-state index contributed by atoms with van der Waals surface area (Å²) >= 11 is 1.70. The Balaban J connectivity index is 2.02. The summed E-state index contributed by atoms with van der Waals surface area (Å²) < 4.78 is 5.29. The van der Waals surface area contributed by atoms with Crippen LogP contribution in [0.5, 0.6) is 0 Å². The molecule has 1 aromatic heterocycles. The molecule has 0 radical (unpaired) electrons. The van der Waals surface area contributed by atoms with Crippen LogP contribution in [0.2, 0.25) is 0 Å². The minimum absolute atomic E-state index is 0.127. The zero-order chi connectivity index (χ0) is 13.0. The minimum atomic E-state index is 0.127. The molecule has 2 amide bonds. The molecule has 0 atom stereocenters. The molecule has 5 heteroatoms. The topological polar surface area (TPSA) is 32.8 Å². The Hall–Kier alpha value is -1.07. The Bertz CT molecular complexity index is 372. The van der Waals surface area contributed by atoms with E-state index in [0.717, 1.165) is 0 Å². The van der Waals surface area contributed by atoms with Crippen molar-refractivity contribution >= 4 is 17.4 Å². The summed E-state index contributed by atoms with van der Waals surface area (Å²) in [5, 5.41) is 2.05. The van der Waals surface area contributed by atoms with E-state index in [-0.39, 0.29) is 12.1 Å². The molecule has 1 aromatic rings. The van der Waals surface area contributed by atoms with Crippen molar-refractivity contribution in [3.63, 3.8) is 0 Å². The van der Waals surface area contributed by atoms with Gasteiger partial charge in [-0.25, -0.2) is 4.79 Å². The zero-order valence-electron chi connectivity index (χ0n) is 11.0. The number of ether oxygens (including phenoxy) is 1. The highest BCUT2D eigenvalue weighted by molar-refractivity contribution is 7.09. The number of hydrogen-bond acceptors (Lipinski definition) is 3. The van der Waals surface area contributed by atoms with Crippen molar-refractivity contribution in [3.8, 4) is 0 Å². The Labute approximate surface area is 112 Å². The van der Waals surface area contributed by atoms with Gasteiger partial charge in [-0.3, -0.25) is 0 Å². The van der Waals surface area contributed by atoms with E-state index < -0.39 is 0 Å². The fraction of sp³-hybridized carbons (Fsp3) is 0.615. The molecular formula is C13H20N2O2S. The van der Waals surface area contributed by atoms with E-state index in [9.17, 15) is 4.79 Å². The normalized spacial score (nSPS) is 16.1. The molecule has 1 aliphatic rings. The van der Waals surface area contributed by atoms with Gasteiger partial charge in [-0.15, -0.1) is 11.3 Å². The molecule has 0 bridgehead atoms. The molecule has 1 saturated heterocycles. The van der Waals surface area contributed by atoms with E-state index >= 15 is 0 Å². The van der Waals surface area contributed by atoms with Crippen molar-refractivity contribution in [3.05, 3.63) is 22.4 Å². The fourth-order valence-corrected chi connectivity index (χ4v) is 2.68. The summed E-state index contributed by atoms with van der Waals surface area (Å²) in [6, 6.07) is 4.44. The van der Waals surface area contributed by atoms with Crippen LogP contribution in [-0.4, -0.2) is 48.2 Å². The van der Waals surface area contributed by atoms with E-state index in [0.29, 0.717) is 32.8 Å². The number of urea groups is 1. The molecule has 18 heavy (non-hydrogen) atoms. The number of hydrogen-bond donors (Lipinski definition) is 0. The number of rotatable bonds is 3. The Morgan fingerprint density at radius 2 is 2.22 bits per heavy atom. The minimum Gasteiger partial charge on any atom is -0.378 e. The van der Waals surface area contributed by atoms with Crippen LogP contribution in [0.15, 0.2) is 17.5 Å². The fourth-order valence-electron chi connectivity index (χ4n) is 1.98. The van der Waals surface area contributed by atoms with Gasteiger partial charge in [0.1, 0.15) is 0 Å². The monoisotopic (exact) mass is 268 g/mol. The molecule has 100 valence electrons. The molecule has 1 aliphatic heterocycles. The molecule has 1 fully saturated rings. The number of morpholine rings is 1. The second kappa shape index (κ2) is 6.20. The van der Waals surface area contributed by atoms with Gasteiger partial charge in [0.2, 0.25) is 0 Å². The second-order valence-corrected chi connectivity index (χ2v) is 5.72. The van der Waals surface area contributed by atoms with Gasteiger partial charge >= 0.3 is 6.03 Å². The molecule has 2 heterocycles. The molecule has 4 nitrogen and oxygen atoms in total. The summed E-state index contributed by atoms with van der Waals surface area (Å²) in [5.74, 6) is 0. The maximum absolute atomic E-state index is 12.5. The average Bonchev–Trinajstić information content (AvgIpc) is 2.89. The van der Waals surface area contributed by atoms with E-state index in [1.807, 2.05) is 21.2 Å². The number of amides is 2. The van der Waals surface area contributed by atoms with Crippen molar-refractivity contribution in [1.82, 2.24) is 9.80 Å². The van der Waals surface area contributed by atoms with Crippen LogP contribution in [0.3, 0.4) is 0 Å².